The van der Waals surface area contributed by atoms with Crippen LogP contribution >= 0.6 is 0 Å². The van der Waals surface area contributed by atoms with E-state index in [2.05, 4.69) is 29.8 Å². The molecule has 0 aliphatic carbocycles. The zero-order valence-electron chi connectivity index (χ0n) is 16.1. The maximum atomic E-state index is 12.8. The number of amides is 1. The molecule has 4 nitrogen and oxygen atoms in total. The van der Waals surface area contributed by atoms with E-state index < -0.39 is 0 Å². The average molecular weight is 351 g/mol. The summed E-state index contributed by atoms with van der Waals surface area (Å²) >= 11 is 0. The van der Waals surface area contributed by atoms with Gasteiger partial charge in [-0.3, -0.25) is 9.78 Å². The summed E-state index contributed by atoms with van der Waals surface area (Å²) in [5.74, 6) is 0.139. The van der Waals surface area contributed by atoms with Gasteiger partial charge in [-0.25, -0.2) is 0 Å². The molecule has 1 saturated heterocycles. The van der Waals surface area contributed by atoms with Gasteiger partial charge in [0.2, 0.25) is 0 Å². The van der Waals surface area contributed by atoms with Crippen molar-refractivity contribution in [2.45, 2.75) is 39.2 Å². The van der Waals surface area contributed by atoms with E-state index in [1.165, 1.54) is 11.1 Å². The van der Waals surface area contributed by atoms with Crippen LogP contribution in [0.1, 0.15) is 40.0 Å². The van der Waals surface area contributed by atoms with Gasteiger partial charge in [-0.1, -0.05) is 12.1 Å². The van der Waals surface area contributed by atoms with Crippen LogP contribution in [-0.2, 0) is 6.42 Å². The average Bonchev–Trinajstić information content (AvgIpc) is 2.68. The molecule has 0 atom stereocenters. The van der Waals surface area contributed by atoms with Crippen LogP contribution in [0.2, 0.25) is 0 Å². The van der Waals surface area contributed by atoms with E-state index in [0.29, 0.717) is 6.04 Å². The quantitative estimate of drug-likeness (QED) is 0.827. The molecule has 0 spiro atoms. The summed E-state index contributed by atoms with van der Waals surface area (Å²) < 4.78 is 0. The molecule has 0 saturated carbocycles. The Morgan fingerprint density at radius 1 is 1.15 bits per heavy atom. The second-order valence-electron chi connectivity index (χ2n) is 7.36. The zero-order chi connectivity index (χ0) is 18.5. The number of aryl methyl sites for hydroxylation is 2. The molecule has 0 radical (unpaired) electrons. The Morgan fingerprint density at radius 2 is 1.92 bits per heavy atom. The van der Waals surface area contributed by atoms with E-state index in [4.69, 9.17) is 0 Å². The van der Waals surface area contributed by atoms with Crippen LogP contribution in [0.3, 0.4) is 0 Å². The maximum Gasteiger partial charge on any atom is 0.253 e. The van der Waals surface area contributed by atoms with Crippen molar-refractivity contribution >= 4 is 5.91 Å². The summed E-state index contributed by atoms with van der Waals surface area (Å²) in [7, 11) is 1.95. The Hall–Kier alpha value is -2.20. The van der Waals surface area contributed by atoms with Crippen molar-refractivity contribution in [2.75, 3.05) is 26.7 Å². The Balaban J connectivity index is 1.50. The van der Waals surface area contributed by atoms with Gasteiger partial charge < -0.3 is 9.80 Å². The number of aromatic nitrogens is 1. The lowest BCUT2D eigenvalue weighted by Crippen LogP contribution is -2.46. The molecule has 1 fully saturated rings. The number of nitrogens with zero attached hydrogens (tertiary/aromatic N) is 3. The smallest absolute Gasteiger partial charge is 0.253 e. The number of likely N-dealkylation sites (tertiary alicyclic amines) is 1. The number of rotatable bonds is 5. The first-order valence-corrected chi connectivity index (χ1v) is 9.51. The molecule has 0 N–H and O–H groups in total. The van der Waals surface area contributed by atoms with E-state index >= 15 is 0 Å². The van der Waals surface area contributed by atoms with Crippen molar-refractivity contribution in [3.63, 3.8) is 0 Å². The van der Waals surface area contributed by atoms with Crippen molar-refractivity contribution in [3.05, 3.63) is 65.0 Å². The van der Waals surface area contributed by atoms with Gasteiger partial charge in [-0.05, 0) is 62.1 Å². The molecule has 26 heavy (non-hydrogen) atoms. The number of benzene rings is 1. The summed E-state index contributed by atoms with van der Waals surface area (Å²) in [5, 5.41) is 0. The van der Waals surface area contributed by atoms with Gasteiger partial charge in [0.25, 0.3) is 5.91 Å². The molecule has 1 aliphatic rings. The molecule has 0 bridgehead atoms. The minimum absolute atomic E-state index is 0.139. The van der Waals surface area contributed by atoms with E-state index in [1.54, 1.807) is 0 Å². The van der Waals surface area contributed by atoms with E-state index in [-0.39, 0.29) is 5.91 Å². The van der Waals surface area contributed by atoms with E-state index in [9.17, 15) is 4.79 Å². The number of carbonyl (C=O) groups excluding carboxylic acids is 1. The number of pyridine rings is 1. The fourth-order valence-corrected chi connectivity index (χ4v) is 3.59. The first-order chi connectivity index (χ1) is 12.5. The SMILES string of the molecule is Cc1ccc(C(=O)N(C)C2CCN(CCc3ccccn3)CC2)cc1C. The van der Waals surface area contributed by atoms with E-state index in [0.717, 1.165) is 50.2 Å². The molecule has 1 aromatic heterocycles. The third-order valence-corrected chi connectivity index (χ3v) is 5.59. The van der Waals surface area contributed by atoms with Gasteiger partial charge in [0.1, 0.15) is 0 Å². The predicted octanol–water partition coefficient (Wildman–Crippen LogP) is 3.48. The first-order valence-electron chi connectivity index (χ1n) is 9.51. The number of hydrogen-bond acceptors (Lipinski definition) is 3. The Labute approximate surface area is 156 Å². The van der Waals surface area contributed by atoms with Crippen LogP contribution in [0.25, 0.3) is 0 Å². The Morgan fingerprint density at radius 3 is 2.58 bits per heavy atom. The fourth-order valence-electron chi connectivity index (χ4n) is 3.59. The topological polar surface area (TPSA) is 36.4 Å². The van der Waals surface area contributed by atoms with Gasteiger partial charge in [-0.2, -0.15) is 0 Å². The van der Waals surface area contributed by atoms with Crippen LogP contribution in [0.15, 0.2) is 42.6 Å². The summed E-state index contributed by atoms with van der Waals surface area (Å²) in [6, 6.07) is 12.4. The molecule has 1 aromatic carbocycles. The third kappa shape index (κ3) is 4.50. The molecular weight excluding hydrogens is 322 g/mol. The van der Waals surface area contributed by atoms with Gasteiger partial charge in [0, 0.05) is 56.6 Å². The monoisotopic (exact) mass is 351 g/mol. The highest BCUT2D eigenvalue weighted by Crippen LogP contribution is 2.19. The zero-order valence-corrected chi connectivity index (χ0v) is 16.1. The van der Waals surface area contributed by atoms with Crippen LogP contribution in [0.4, 0.5) is 0 Å². The summed E-state index contributed by atoms with van der Waals surface area (Å²) in [6.07, 6.45) is 4.92. The van der Waals surface area contributed by atoms with E-state index in [1.807, 2.05) is 48.5 Å². The van der Waals surface area contributed by atoms with Crippen LogP contribution in [0.5, 0.6) is 0 Å². The highest BCUT2D eigenvalue weighted by atomic mass is 16.2. The second-order valence-corrected chi connectivity index (χ2v) is 7.36. The highest BCUT2D eigenvalue weighted by Gasteiger charge is 2.26. The van der Waals surface area contributed by atoms with Gasteiger partial charge in [0.05, 0.1) is 0 Å². The summed E-state index contributed by atoms with van der Waals surface area (Å²) in [5.41, 5.74) is 4.35. The Bertz CT molecular complexity index is 736. The van der Waals surface area contributed by atoms with Crippen molar-refractivity contribution in [3.8, 4) is 0 Å². The maximum absolute atomic E-state index is 12.8. The van der Waals surface area contributed by atoms with Gasteiger partial charge in [0.15, 0.2) is 0 Å². The fraction of sp³-hybridized carbons (Fsp3) is 0.455. The minimum Gasteiger partial charge on any atom is -0.339 e. The molecular formula is C22H29N3O. The van der Waals surface area contributed by atoms with Crippen LogP contribution < -0.4 is 0 Å². The lowest BCUT2D eigenvalue weighted by molar-refractivity contribution is 0.0643. The standard InChI is InChI=1S/C22H29N3O/c1-17-7-8-19(16-18(17)2)22(26)24(3)21-10-14-25(15-11-21)13-9-20-6-4-5-12-23-20/h4-8,12,16,21H,9-11,13-15H2,1-3H3. The van der Waals surface area contributed by atoms with Crippen molar-refractivity contribution in [1.82, 2.24) is 14.8 Å². The molecule has 2 aromatic rings. The molecule has 3 rings (SSSR count). The first kappa shape index (κ1) is 18.6. The number of carbonyl (C=O) groups is 1. The Kier molecular flexibility index (Phi) is 6.04. The summed E-state index contributed by atoms with van der Waals surface area (Å²) in [4.78, 5) is 21.6. The molecule has 0 unspecified atom stereocenters. The molecule has 1 aliphatic heterocycles. The lowest BCUT2D eigenvalue weighted by Gasteiger charge is -2.36. The number of hydrogen-bond donors (Lipinski definition) is 0. The van der Waals surface area contributed by atoms with Crippen molar-refractivity contribution in [2.24, 2.45) is 0 Å². The normalized spacial score (nSPS) is 15.8. The van der Waals surface area contributed by atoms with Crippen LogP contribution in [0, 0.1) is 13.8 Å². The molecule has 4 heteroatoms. The van der Waals surface area contributed by atoms with Crippen LogP contribution in [-0.4, -0.2) is 53.4 Å². The second kappa shape index (κ2) is 8.45. The molecule has 138 valence electrons. The molecule has 2 heterocycles. The predicted molar refractivity (Wildman–Crippen MR) is 105 cm³/mol. The van der Waals surface area contributed by atoms with Crippen molar-refractivity contribution < 1.29 is 4.79 Å². The molecule has 1 amide bonds. The third-order valence-electron chi connectivity index (χ3n) is 5.59. The largest absolute Gasteiger partial charge is 0.339 e. The minimum atomic E-state index is 0.139. The highest BCUT2D eigenvalue weighted by molar-refractivity contribution is 5.94. The van der Waals surface area contributed by atoms with Crippen molar-refractivity contribution in [1.29, 1.82) is 0 Å². The van der Waals surface area contributed by atoms with Gasteiger partial charge in [-0.15, -0.1) is 0 Å². The lowest BCUT2D eigenvalue weighted by atomic mass is 10.0. The summed E-state index contributed by atoms with van der Waals surface area (Å²) in [6.45, 7) is 7.27. The number of piperidine rings is 1. The van der Waals surface area contributed by atoms with Gasteiger partial charge >= 0.3 is 0 Å².